The molecule has 0 amide bonds. The van der Waals surface area contributed by atoms with Crippen molar-refractivity contribution in [3.05, 3.63) is 21.9 Å². The van der Waals surface area contributed by atoms with E-state index in [2.05, 4.69) is 5.32 Å². The highest BCUT2D eigenvalue weighted by molar-refractivity contribution is 7.13. The van der Waals surface area contributed by atoms with Crippen molar-refractivity contribution in [1.29, 1.82) is 0 Å². The maximum atomic E-state index is 10.7. The first-order chi connectivity index (χ1) is 9.24. The number of rotatable bonds is 11. The molecule has 0 saturated carbocycles. The minimum atomic E-state index is -0.857. The van der Waals surface area contributed by atoms with Crippen molar-refractivity contribution < 1.29 is 19.4 Å². The zero-order valence-corrected chi connectivity index (χ0v) is 12.0. The van der Waals surface area contributed by atoms with E-state index >= 15 is 0 Å². The lowest BCUT2D eigenvalue weighted by molar-refractivity contribution is 0.0688. The van der Waals surface area contributed by atoms with Crippen LogP contribution in [0.2, 0.25) is 0 Å². The molecule has 6 heteroatoms. The maximum Gasteiger partial charge on any atom is 0.345 e. The second-order valence-corrected chi connectivity index (χ2v) is 5.23. The van der Waals surface area contributed by atoms with Gasteiger partial charge in [-0.1, -0.05) is 0 Å². The summed E-state index contributed by atoms with van der Waals surface area (Å²) in [6.45, 7) is 3.68. The molecule has 0 saturated heterocycles. The summed E-state index contributed by atoms with van der Waals surface area (Å²) in [6.07, 6.45) is 2.06. The molecule has 0 bridgehead atoms. The van der Waals surface area contributed by atoms with Crippen LogP contribution in [0.5, 0.6) is 0 Å². The Labute approximate surface area is 117 Å². The fourth-order valence-electron chi connectivity index (χ4n) is 1.50. The topological polar surface area (TPSA) is 67.8 Å². The Morgan fingerprint density at radius 1 is 1.32 bits per heavy atom. The predicted molar refractivity (Wildman–Crippen MR) is 74.9 cm³/mol. The van der Waals surface area contributed by atoms with E-state index in [0.717, 1.165) is 37.4 Å². The van der Waals surface area contributed by atoms with Crippen LogP contribution in [-0.4, -0.2) is 44.6 Å². The van der Waals surface area contributed by atoms with Gasteiger partial charge in [-0.25, -0.2) is 4.79 Å². The largest absolute Gasteiger partial charge is 0.477 e. The molecule has 0 atom stereocenters. The Morgan fingerprint density at radius 2 is 2.16 bits per heavy atom. The first kappa shape index (κ1) is 16.1. The summed E-state index contributed by atoms with van der Waals surface area (Å²) in [5.74, 6) is -0.857. The monoisotopic (exact) mass is 287 g/mol. The third-order valence-electron chi connectivity index (χ3n) is 2.50. The van der Waals surface area contributed by atoms with Gasteiger partial charge < -0.3 is 19.9 Å². The zero-order chi connectivity index (χ0) is 13.9. The molecule has 0 fully saturated rings. The Kier molecular flexibility index (Phi) is 8.40. The van der Waals surface area contributed by atoms with E-state index in [9.17, 15) is 4.79 Å². The van der Waals surface area contributed by atoms with Gasteiger partial charge in [0, 0.05) is 25.1 Å². The van der Waals surface area contributed by atoms with Crippen molar-refractivity contribution >= 4 is 17.3 Å². The van der Waals surface area contributed by atoms with Crippen molar-refractivity contribution in [1.82, 2.24) is 5.32 Å². The lowest BCUT2D eigenvalue weighted by Gasteiger charge is -2.04. The van der Waals surface area contributed by atoms with Gasteiger partial charge in [-0.2, -0.15) is 0 Å². The smallest absolute Gasteiger partial charge is 0.345 e. The zero-order valence-electron chi connectivity index (χ0n) is 11.2. The minimum absolute atomic E-state index is 0.392. The van der Waals surface area contributed by atoms with Gasteiger partial charge in [-0.15, -0.1) is 11.3 Å². The number of aromatic carboxylic acids is 1. The molecular formula is C13H21NO4S. The van der Waals surface area contributed by atoms with Crippen molar-refractivity contribution in [2.24, 2.45) is 0 Å². The second kappa shape index (κ2) is 9.91. The molecule has 108 valence electrons. The Balaban J connectivity index is 1.97. The van der Waals surface area contributed by atoms with Crippen molar-refractivity contribution in [3.8, 4) is 0 Å². The summed E-state index contributed by atoms with van der Waals surface area (Å²) in [7, 11) is 1.66. The quantitative estimate of drug-likeness (QED) is 0.609. The normalized spacial score (nSPS) is 10.8. The molecule has 0 aliphatic heterocycles. The van der Waals surface area contributed by atoms with E-state index in [1.54, 1.807) is 13.2 Å². The van der Waals surface area contributed by atoms with E-state index < -0.39 is 5.97 Å². The average molecular weight is 287 g/mol. The number of carboxylic acids is 1. The van der Waals surface area contributed by atoms with Crippen LogP contribution in [0, 0.1) is 0 Å². The predicted octanol–water partition coefficient (Wildman–Crippen LogP) is 1.98. The molecule has 0 radical (unpaired) electrons. The van der Waals surface area contributed by atoms with Crippen LogP contribution in [0.4, 0.5) is 0 Å². The highest BCUT2D eigenvalue weighted by Crippen LogP contribution is 2.15. The van der Waals surface area contributed by atoms with Crippen molar-refractivity contribution in [3.63, 3.8) is 0 Å². The van der Waals surface area contributed by atoms with Gasteiger partial charge in [-0.3, -0.25) is 0 Å². The lowest BCUT2D eigenvalue weighted by Crippen LogP contribution is -2.14. The van der Waals surface area contributed by atoms with E-state index in [1.807, 2.05) is 6.07 Å². The molecule has 0 aliphatic rings. The number of carbonyl (C=O) groups is 1. The van der Waals surface area contributed by atoms with Gasteiger partial charge >= 0.3 is 5.97 Å². The fourth-order valence-corrected chi connectivity index (χ4v) is 2.31. The molecule has 0 aliphatic carbocycles. The van der Waals surface area contributed by atoms with Crippen LogP contribution < -0.4 is 5.32 Å². The van der Waals surface area contributed by atoms with Crippen LogP contribution >= 0.6 is 11.3 Å². The number of methoxy groups -OCH3 is 1. The fraction of sp³-hybridized carbons (Fsp3) is 0.615. The van der Waals surface area contributed by atoms with Gasteiger partial charge in [0.2, 0.25) is 0 Å². The molecule has 0 unspecified atom stereocenters. The Morgan fingerprint density at radius 3 is 2.84 bits per heavy atom. The summed E-state index contributed by atoms with van der Waals surface area (Å²) in [4.78, 5) is 12.1. The number of carboxylic acid groups (broad SMARTS) is 1. The Hall–Kier alpha value is -0.950. The average Bonchev–Trinajstić information content (AvgIpc) is 2.86. The first-order valence-electron chi connectivity index (χ1n) is 6.33. The minimum Gasteiger partial charge on any atom is -0.477 e. The Bertz CT molecular complexity index is 367. The SMILES string of the molecule is COCCOCCCCNCc1ccc(C(=O)O)s1. The molecule has 0 spiro atoms. The van der Waals surface area contributed by atoms with Gasteiger partial charge in [0.1, 0.15) is 4.88 Å². The van der Waals surface area contributed by atoms with Crippen LogP contribution in [0.15, 0.2) is 12.1 Å². The molecule has 2 N–H and O–H groups in total. The van der Waals surface area contributed by atoms with Gasteiger partial charge in [-0.05, 0) is 31.5 Å². The number of hydrogen-bond donors (Lipinski definition) is 2. The van der Waals surface area contributed by atoms with Crippen LogP contribution in [0.3, 0.4) is 0 Å². The lowest BCUT2D eigenvalue weighted by atomic mass is 10.3. The van der Waals surface area contributed by atoms with Gasteiger partial charge in [0.15, 0.2) is 0 Å². The maximum absolute atomic E-state index is 10.7. The van der Waals surface area contributed by atoms with Gasteiger partial charge in [0.05, 0.1) is 13.2 Å². The molecular weight excluding hydrogens is 266 g/mol. The summed E-state index contributed by atoms with van der Waals surface area (Å²) in [5.41, 5.74) is 0. The van der Waals surface area contributed by atoms with E-state index in [0.29, 0.717) is 18.1 Å². The molecule has 19 heavy (non-hydrogen) atoms. The van der Waals surface area contributed by atoms with Crippen LogP contribution in [-0.2, 0) is 16.0 Å². The number of unbranched alkanes of at least 4 members (excludes halogenated alkanes) is 1. The molecule has 1 aromatic rings. The van der Waals surface area contributed by atoms with E-state index in [4.69, 9.17) is 14.6 Å². The molecule has 0 aromatic carbocycles. The first-order valence-corrected chi connectivity index (χ1v) is 7.15. The number of hydrogen-bond acceptors (Lipinski definition) is 5. The molecule has 5 nitrogen and oxygen atoms in total. The van der Waals surface area contributed by atoms with E-state index in [-0.39, 0.29) is 0 Å². The number of thiophene rings is 1. The standard InChI is InChI=1S/C13H21NO4S/c1-17-8-9-18-7-3-2-6-14-10-11-4-5-12(19-11)13(15)16/h4-5,14H,2-3,6-10H2,1H3,(H,15,16). The highest BCUT2D eigenvalue weighted by Gasteiger charge is 2.05. The third kappa shape index (κ3) is 7.27. The molecule has 1 heterocycles. The highest BCUT2D eigenvalue weighted by atomic mass is 32.1. The molecule has 1 rings (SSSR count). The van der Waals surface area contributed by atoms with Crippen LogP contribution in [0.1, 0.15) is 27.4 Å². The summed E-state index contributed by atoms with van der Waals surface area (Å²) in [6, 6.07) is 3.50. The van der Waals surface area contributed by atoms with Crippen molar-refractivity contribution in [2.45, 2.75) is 19.4 Å². The van der Waals surface area contributed by atoms with Crippen molar-refractivity contribution in [2.75, 3.05) is 33.5 Å². The van der Waals surface area contributed by atoms with E-state index in [1.165, 1.54) is 11.3 Å². The third-order valence-corrected chi connectivity index (χ3v) is 3.57. The summed E-state index contributed by atoms with van der Waals surface area (Å²) >= 11 is 1.32. The van der Waals surface area contributed by atoms with Gasteiger partial charge in [0.25, 0.3) is 0 Å². The summed E-state index contributed by atoms with van der Waals surface area (Å²) in [5, 5.41) is 12.1. The van der Waals surface area contributed by atoms with Crippen LogP contribution in [0.25, 0.3) is 0 Å². The number of ether oxygens (including phenoxy) is 2. The second-order valence-electron chi connectivity index (χ2n) is 4.06. The summed E-state index contributed by atoms with van der Waals surface area (Å²) < 4.78 is 10.2. The number of nitrogens with one attached hydrogen (secondary N) is 1. The molecule has 1 aromatic heterocycles.